The Morgan fingerprint density at radius 1 is 1.23 bits per heavy atom. The van der Waals surface area contributed by atoms with Gasteiger partial charge in [-0.05, 0) is 31.0 Å². The zero-order valence-corrected chi connectivity index (χ0v) is 16.2. The molecule has 0 saturated carbocycles. The van der Waals surface area contributed by atoms with Crippen LogP contribution in [0.3, 0.4) is 0 Å². The summed E-state index contributed by atoms with van der Waals surface area (Å²) in [4.78, 5) is 47.6. The smallest absolute Gasteiger partial charge is 0.255 e. The molecule has 3 amide bonds. The van der Waals surface area contributed by atoms with Gasteiger partial charge < -0.3 is 4.90 Å². The van der Waals surface area contributed by atoms with E-state index in [0.717, 1.165) is 6.07 Å². The van der Waals surface area contributed by atoms with Crippen LogP contribution in [0.5, 0.6) is 0 Å². The summed E-state index contributed by atoms with van der Waals surface area (Å²) in [5.41, 5.74) is 0.180. The van der Waals surface area contributed by atoms with Crippen molar-refractivity contribution in [1.82, 2.24) is 10.2 Å². The second kappa shape index (κ2) is 11.1. The molecule has 0 bridgehead atoms. The Kier molecular flexibility index (Phi) is 10.0. The summed E-state index contributed by atoms with van der Waals surface area (Å²) in [5.74, 6) is -2.09. The van der Waals surface area contributed by atoms with Gasteiger partial charge in [-0.25, -0.2) is 4.39 Å². The Morgan fingerprint density at radius 3 is 2.31 bits per heavy atom. The molecule has 1 aliphatic rings. The minimum absolute atomic E-state index is 0.0288. The van der Waals surface area contributed by atoms with Crippen molar-refractivity contribution in [1.29, 1.82) is 0 Å². The third kappa shape index (κ3) is 5.47. The van der Waals surface area contributed by atoms with Gasteiger partial charge in [-0.1, -0.05) is 27.7 Å². The molecular weight excluding hydrogens is 339 g/mol. The first-order chi connectivity index (χ1) is 12.3. The number of aldehydes is 1. The standard InChI is InChI=1S/C15H15FN2O4.2C2H6/c1-8-5-10(9(7-19)6-11(8)16)15(22)18(2)12-3-4-13(20)17-14(12)21;2*1-2/h5-7,12H,3-4H2,1-2H3,(H,17,20,21);2*1-2H3. The predicted molar refractivity (Wildman–Crippen MR) is 97.5 cm³/mol. The van der Waals surface area contributed by atoms with E-state index in [2.05, 4.69) is 5.32 Å². The van der Waals surface area contributed by atoms with E-state index in [1.54, 1.807) is 0 Å². The Morgan fingerprint density at radius 2 is 1.81 bits per heavy atom. The fourth-order valence-corrected chi connectivity index (χ4v) is 2.36. The second-order valence-electron chi connectivity index (χ2n) is 5.19. The Labute approximate surface area is 153 Å². The molecule has 1 fully saturated rings. The number of carbonyl (C=O) groups excluding carboxylic acids is 4. The fraction of sp³-hybridized carbons (Fsp3) is 0.474. The number of benzene rings is 1. The molecule has 6 nitrogen and oxygen atoms in total. The molecule has 2 rings (SSSR count). The topological polar surface area (TPSA) is 83.6 Å². The molecule has 0 spiro atoms. The first-order valence-corrected chi connectivity index (χ1v) is 8.71. The van der Waals surface area contributed by atoms with Gasteiger partial charge in [0, 0.05) is 19.0 Å². The van der Waals surface area contributed by atoms with Crippen molar-refractivity contribution in [2.24, 2.45) is 0 Å². The van der Waals surface area contributed by atoms with Gasteiger partial charge in [-0.15, -0.1) is 0 Å². The number of hydrogen-bond donors (Lipinski definition) is 1. The first kappa shape index (κ1) is 23.4. The largest absolute Gasteiger partial charge is 0.330 e. The summed E-state index contributed by atoms with van der Waals surface area (Å²) in [7, 11) is 1.41. The van der Waals surface area contributed by atoms with Gasteiger partial charge in [0.15, 0.2) is 6.29 Å². The van der Waals surface area contributed by atoms with Crippen LogP contribution in [0.15, 0.2) is 12.1 Å². The molecular formula is C19H27FN2O4. The zero-order chi connectivity index (χ0) is 20.4. The quantitative estimate of drug-likeness (QED) is 0.659. The molecule has 1 N–H and O–H groups in total. The van der Waals surface area contributed by atoms with Crippen LogP contribution in [0.4, 0.5) is 4.39 Å². The highest BCUT2D eigenvalue weighted by molar-refractivity contribution is 6.06. The average Bonchev–Trinajstić information content (AvgIpc) is 2.65. The third-order valence-corrected chi connectivity index (χ3v) is 3.69. The lowest BCUT2D eigenvalue weighted by atomic mass is 10.0. The molecule has 1 atom stereocenters. The monoisotopic (exact) mass is 366 g/mol. The molecule has 0 aliphatic carbocycles. The second-order valence-corrected chi connectivity index (χ2v) is 5.19. The highest BCUT2D eigenvalue weighted by Gasteiger charge is 2.33. The van der Waals surface area contributed by atoms with Crippen LogP contribution in [-0.4, -0.2) is 42.0 Å². The summed E-state index contributed by atoms with van der Waals surface area (Å²) in [6, 6.07) is 1.48. The van der Waals surface area contributed by atoms with Crippen molar-refractivity contribution in [3.8, 4) is 0 Å². The number of likely N-dealkylation sites (N-methyl/N-ethyl adjacent to an activating group) is 1. The summed E-state index contributed by atoms with van der Waals surface area (Å²) < 4.78 is 13.5. The summed E-state index contributed by atoms with van der Waals surface area (Å²) in [5, 5.41) is 2.16. The molecule has 144 valence electrons. The highest BCUT2D eigenvalue weighted by Crippen LogP contribution is 2.19. The van der Waals surface area contributed by atoms with Crippen LogP contribution in [0.2, 0.25) is 0 Å². The minimum Gasteiger partial charge on any atom is -0.330 e. The zero-order valence-electron chi connectivity index (χ0n) is 16.2. The molecule has 1 aromatic rings. The molecule has 7 heteroatoms. The number of nitrogens with zero attached hydrogens (tertiary/aromatic N) is 1. The number of aryl methyl sites for hydroxylation is 1. The number of halogens is 1. The van der Waals surface area contributed by atoms with E-state index >= 15 is 0 Å². The van der Waals surface area contributed by atoms with Crippen LogP contribution in [0.25, 0.3) is 0 Å². The maximum absolute atomic E-state index is 13.5. The van der Waals surface area contributed by atoms with E-state index in [1.165, 1.54) is 24.9 Å². The Hall–Kier alpha value is -2.57. The summed E-state index contributed by atoms with van der Waals surface area (Å²) in [6.07, 6.45) is 0.745. The summed E-state index contributed by atoms with van der Waals surface area (Å²) >= 11 is 0. The molecule has 1 heterocycles. The van der Waals surface area contributed by atoms with Crippen molar-refractivity contribution in [2.75, 3.05) is 7.05 Å². The van der Waals surface area contributed by atoms with Gasteiger partial charge in [0.25, 0.3) is 5.91 Å². The van der Waals surface area contributed by atoms with E-state index in [9.17, 15) is 23.6 Å². The van der Waals surface area contributed by atoms with Crippen LogP contribution in [-0.2, 0) is 9.59 Å². The van der Waals surface area contributed by atoms with Crippen molar-refractivity contribution in [3.63, 3.8) is 0 Å². The lowest BCUT2D eigenvalue weighted by molar-refractivity contribution is -0.136. The van der Waals surface area contributed by atoms with E-state index < -0.39 is 23.7 Å². The minimum atomic E-state index is -0.796. The predicted octanol–water partition coefficient (Wildman–Crippen LogP) is 2.88. The van der Waals surface area contributed by atoms with Crippen molar-refractivity contribution in [2.45, 2.75) is 53.5 Å². The van der Waals surface area contributed by atoms with Gasteiger partial charge in [-0.2, -0.15) is 0 Å². The number of amides is 3. The molecule has 26 heavy (non-hydrogen) atoms. The van der Waals surface area contributed by atoms with Crippen LogP contribution in [0.1, 0.15) is 66.8 Å². The summed E-state index contributed by atoms with van der Waals surface area (Å²) in [6.45, 7) is 9.48. The molecule has 1 aliphatic heterocycles. The molecule has 1 aromatic carbocycles. The van der Waals surface area contributed by atoms with Crippen LogP contribution >= 0.6 is 0 Å². The number of hydrogen-bond acceptors (Lipinski definition) is 4. The highest BCUT2D eigenvalue weighted by atomic mass is 19.1. The van der Waals surface area contributed by atoms with Crippen molar-refractivity contribution in [3.05, 3.63) is 34.6 Å². The van der Waals surface area contributed by atoms with E-state index in [0.29, 0.717) is 6.29 Å². The maximum Gasteiger partial charge on any atom is 0.255 e. The lowest BCUT2D eigenvalue weighted by Gasteiger charge is -2.30. The van der Waals surface area contributed by atoms with Gasteiger partial charge in [0.05, 0.1) is 5.56 Å². The molecule has 0 aromatic heterocycles. The molecule has 1 saturated heterocycles. The van der Waals surface area contributed by atoms with Gasteiger partial charge in [-0.3, -0.25) is 24.5 Å². The average molecular weight is 366 g/mol. The van der Waals surface area contributed by atoms with Crippen LogP contribution < -0.4 is 5.32 Å². The molecule has 0 radical (unpaired) electrons. The fourth-order valence-electron chi connectivity index (χ4n) is 2.36. The number of imide groups is 1. The van der Waals surface area contributed by atoms with Gasteiger partial charge in [0.1, 0.15) is 11.9 Å². The Balaban J connectivity index is 0.00000146. The van der Waals surface area contributed by atoms with E-state index in [-0.39, 0.29) is 35.4 Å². The van der Waals surface area contributed by atoms with Crippen LogP contribution in [0, 0.1) is 12.7 Å². The third-order valence-electron chi connectivity index (χ3n) is 3.69. The van der Waals surface area contributed by atoms with Crippen molar-refractivity contribution < 1.29 is 23.6 Å². The van der Waals surface area contributed by atoms with Crippen molar-refractivity contribution >= 4 is 24.0 Å². The first-order valence-electron chi connectivity index (χ1n) is 8.71. The number of carbonyl (C=O) groups is 4. The van der Waals surface area contributed by atoms with Gasteiger partial charge in [0.2, 0.25) is 11.8 Å². The number of piperidine rings is 1. The molecule has 1 unspecified atom stereocenters. The SMILES string of the molecule is CC.CC.Cc1cc(C(=O)N(C)C2CCC(=O)NC2=O)c(C=O)cc1F. The van der Waals surface area contributed by atoms with Gasteiger partial charge >= 0.3 is 0 Å². The lowest BCUT2D eigenvalue weighted by Crippen LogP contribution is -2.53. The number of nitrogens with one attached hydrogen (secondary N) is 1. The van der Waals surface area contributed by atoms with E-state index in [4.69, 9.17) is 0 Å². The Bertz CT molecular complexity index is 674. The number of rotatable bonds is 3. The maximum atomic E-state index is 13.5. The normalized spacial score (nSPS) is 15.6. The van der Waals surface area contributed by atoms with E-state index in [1.807, 2.05) is 27.7 Å².